The molecule has 3 rings (SSSR count). The summed E-state index contributed by atoms with van der Waals surface area (Å²) in [6, 6.07) is 8.53. The summed E-state index contributed by atoms with van der Waals surface area (Å²) in [5, 5.41) is 6.91. The number of aliphatic imine (C=N–C) groups is 1. The minimum absolute atomic E-state index is 0.360. The zero-order valence-electron chi connectivity index (χ0n) is 15.0. The van der Waals surface area contributed by atoms with Crippen molar-refractivity contribution in [3.8, 4) is 5.75 Å². The van der Waals surface area contributed by atoms with Crippen LogP contribution < -0.4 is 20.3 Å². The fourth-order valence-electron chi connectivity index (χ4n) is 3.04. The number of nitrogens with zero attached hydrogens (tertiary/aromatic N) is 3. The molecule has 1 unspecified atom stereocenters. The van der Waals surface area contributed by atoms with Gasteiger partial charge in [0.05, 0.1) is 30.5 Å². The van der Waals surface area contributed by atoms with Crippen LogP contribution in [0.15, 0.2) is 34.8 Å². The van der Waals surface area contributed by atoms with E-state index in [-0.39, 0.29) is 0 Å². The van der Waals surface area contributed by atoms with E-state index >= 15 is 0 Å². The molecule has 0 aliphatic carbocycles. The van der Waals surface area contributed by atoms with Crippen molar-refractivity contribution in [1.82, 2.24) is 15.6 Å². The van der Waals surface area contributed by atoms with Crippen molar-refractivity contribution >= 4 is 23.0 Å². The van der Waals surface area contributed by atoms with Crippen LogP contribution in [0, 0.1) is 6.92 Å². The van der Waals surface area contributed by atoms with Crippen molar-refractivity contribution in [3.05, 3.63) is 40.3 Å². The third kappa shape index (κ3) is 4.22. The van der Waals surface area contributed by atoms with Crippen LogP contribution in [0.5, 0.6) is 5.75 Å². The summed E-state index contributed by atoms with van der Waals surface area (Å²) in [5.74, 6) is 1.76. The van der Waals surface area contributed by atoms with Gasteiger partial charge in [-0.3, -0.25) is 4.99 Å². The second-order valence-corrected chi connectivity index (χ2v) is 6.97. The molecule has 0 amide bonds. The molecule has 1 aromatic carbocycles. The summed E-state index contributed by atoms with van der Waals surface area (Å²) in [5.41, 5.74) is 4.11. The Morgan fingerprint density at radius 1 is 1.44 bits per heavy atom. The van der Waals surface area contributed by atoms with Crippen molar-refractivity contribution in [2.45, 2.75) is 25.9 Å². The lowest BCUT2D eigenvalue weighted by Crippen LogP contribution is -2.44. The van der Waals surface area contributed by atoms with E-state index in [9.17, 15) is 0 Å². The van der Waals surface area contributed by atoms with Gasteiger partial charge in [0.25, 0.3) is 0 Å². The van der Waals surface area contributed by atoms with Gasteiger partial charge < -0.3 is 20.3 Å². The highest BCUT2D eigenvalue weighted by atomic mass is 32.1. The maximum Gasteiger partial charge on any atom is 0.191 e. The molecule has 0 spiro atoms. The van der Waals surface area contributed by atoms with Crippen LogP contribution in [0.2, 0.25) is 0 Å². The molecule has 1 fully saturated rings. The maximum atomic E-state index is 5.48. The lowest BCUT2D eigenvalue weighted by molar-refractivity contribution is 0.415. The molecule has 134 valence electrons. The maximum absolute atomic E-state index is 5.48. The first-order chi connectivity index (χ1) is 12.2. The molecule has 1 saturated heterocycles. The van der Waals surface area contributed by atoms with Gasteiger partial charge in [-0.05, 0) is 25.5 Å². The van der Waals surface area contributed by atoms with Crippen molar-refractivity contribution in [2.75, 3.05) is 32.1 Å². The molecule has 6 nitrogen and oxygen atoms in total. The first kappa shape index (κ1) is 17.5. The fourth-order valence-corrected chi connectivity index (χ4v) is 3.75. The molecule has 0 saturated carbocycles. The second-order valence-electron chi connectivity index (χ2n) is 6.03. The Labute approximate surface area is 152 Å². The van der Waals surface area contributed by atoms with Gasteiger partial charge >= 0.3 is 0 Å². The molecule has 1 aromatic heterocycles. The molecule has 2 N–H and O–H groups in total. The van der Waals surface area contributed by atoms with Crippen molar-refractivity contribution in [2.24, 2.45) is 4.99 Å². The summed E-state index contributed by atoms with van der Waals surface area (Å²) in [7, 11) is 3.53. The second kappa shape index (κ2) is 8.20. The largest absolute Gasteiger partial charge is 0.495 e. The average Bonchev–Trinajstić information content (AvgIpc) is 3.27. The third-order valence-corrected chi connectivity index (χ3v) is 5.37. The number of hydrogen-bond donors (Lipinski definition) is 2. The van der Waals surface area contributed by atoms with Crippen LogP contribution in [0.4, 0.5) is 5.69 Å². The minimum Gasteiger partial charge on any atom is -0.495 e. The number of aromatic nitrogens is 1. The average molecular weight is 359 g/mol. The van der Waals surface area contributed by atoms with Crippen LogP contribution in [0.3, 0.4) is 0 Å². The summed E-state index contributed by atoms with van der Waals surface area (Å²) < 4.78 is 5.48. The number of rotatable bonds is 5. The number of thiazole rings is 1. The lowest BCUT2D eigenvalue weighted by Gasteiger charge is -2.22. The van der Waals surface area contributed by atoms with Gasteiger partial charge in [-0.2, -0.15) is 0 Å². The van der Waals surface area contributed by atoms with Gasteiger partial charge in [-0.15, -0.1) is 11.3 Å². The Morgan fingerprint density at radius 2 is 2.28 bits per heavy atom. The number of aryl methyl sites for hydroxylation is 1. The monoisotopic (exact) mass is 359 g/mol. The summed E-state index contributed by atoms with van der Waals surface area (Å²) in [6.45, 7) is 4.72. The van der Waals surface area contributed by atoms with Crippen molar-refractivity contribution in [3.63, 3.8) is 0 Å². The van der Waals surface area contributed by atoms with E-state index in [2.05, 4.69) is 37.6 Å². The van der Waals surface area contributed by atoms with E-state index in [4.69, 9.17) is 4.74 Å². The molecule has 2 heterocycles. The number of ether oxygens (including phenoxy) is 1. The topological polar surface area (TPSA) is 61.8 Å². The number of benzene rings is 1. The number of para-hydroxylation sites is 2. The molecule has 1 aliphatic heterocycles. The normalized spacial score (nSPS) is 17.6. The highest BCUT2D eigenvalue weighted by molar-refractivity contribution is 7.09. The standard InChI is InChI=1S/C18H25N5OS/c1-13-17(25-12-21-13)10-20-18(19-2)22-14-8-9-23(11-14)15-6-4-5-7-16(15)24-3/h4-7,12,14H,8-11H2,1-3H3,(H2,19,20,22). The first-order valence-corrected chi connectivity index (χ1v) is 9.33. The first-order valence-electron chi connectivity index (χ1n) is 8.45. The van der Waals surface area contributed by atoms with E-state index in [1.807, 2.05) is 31.6 Å². The summed E-state index contributed by atoms with van der Waals surface area (Å²) in [6.07, 6.45) is 1.07. The van der Waals surface area contributed by atoms with E-state index in [1.54, 1.807) is 18.4 Å². The lowest BCUT2D eigenvalue weighted by atomic mass is 10.2. The highest BCUT2D eigenvalue weighted by Gasteiger charge is 2.25. The van der Waals surface area contributed by atoms with Crippen LogP contribution in [0.1, 0.15) is 17.0 Å². The quantitative estimate of drug-likeness (QED) is 0.634. The zero-order valence-corrected chi connectivity index (χ0v) is 15.8. The van der Waals surface area contributed by atoms with Crippen LogP contribution in [-0.4, -0.2) is 44.2 Å². The van der Waals surface area contributed by atoms with Crippen LogP contribution in [-0.2, 0) is 6.54 Å². The third-order valence-electron chi connectivity index (χ3n) is 4.44. The predicted octanol–water partition coefficient (Wildman–Crippen LogP) is 2.40. The van der Waals surface area contributed by atoms with Gasteiger partial charge in [0.15, 0.2) is 5.96 Å². The molecule has 2 aromatic rings. The Balaban J connectivity index is 1.55. The number of nitrogens with one attached hydrogen (secondary N) is 2. The number of hydrogen-bond acceptors (Lipinski definition) is 5. The molecule has 0 radical (unpaired) electrons. The Bertz CT molecular complexity index is 730. The smallest absolute Gasteiger partial charge is 0.191 e. The number of guanidine groups is 1. The summed E-state index contributed by atoms with van der Waals surface area (Å²) in [4.78, 5) is 12.2. The molecule has 0 bridgehead atoms. The molecule has 7 heteroatoms. The minimum atomic E-state index is 0.360. The van der Waals surface area contributed by atoms with Gasteiger partial charge in [0.1, 0.15) is 5.75 Å². The van der Waals surface area contributed by atoms with E-state index < -0.39 is 0 Å². The van der Waals surface area contributed by atoms with Crippen molar-refractivity contribution < 1.29 is 4.74 Å². The predicted molar refractivity (Wildman–Crippen MR) is 104 cm³/mol. The van der Waals surface area contributed by atoms with Crippen LogP contribution >= 0.6 is 11.3 Å². The number of anilines is 1. The Morgan fingerprint density at radius 3 is 3.00 bits per heavy atom. The molecule has 1 aliphatic rings. The van der Waals surface area contributed by atoms with Crippen molar-refractivity contribution in [1.29, 1.82) is 0 Å². The van der Waals surface area contributed by atoms with E-state index in [0.717, 1.165) is 49.1 Å². The SMILES string of the molecule is CN=C(NCc1scnc1C)NC1CCN(c2ccccc2OC)C1. The van der Waals surface area contributed by atoms with Gasteiger partial charge in [0.2, 0.25) is 0 Å². The van der Waals surface area contributed by atoms with E-state index in [0.29, 0.717) is 6.04 Å². The summed E-state index contributed by atoms with van der Waals surface area (Å²) >= 11 is 1.67. The molecule has 25 heavy (non-hydrogen) atoms. The molecular formula is C18H25N5OS. The Hall–Kier alpha value is -2.28. The zero-order chi connectivity index (χ0) is 17.6. The highest BCUT2D eigenvalue weighted by Crippen LogP contribution is 2.30. The van der Waals surface area contributed by atoms with Gasteiger partial charge in [0, 0.05) is 31.1 Å². The molecule has 1 atom stereocenters. The van der Waals surface area contributed by atoms with E-state index in [1.165, 1.54) is 4.88 Å². The Kier molecular flexibility index (Phi) is 5.75. The fraction of sp³-hybridized carbons (Fsp3) is 0.444. The van der Waals surface area contributed by atoms with Gasteiger partial charge in [-0.1, -0.05) is 12.1 Å². The van der Waals surface area contributed by atoms with Gasteiger partial charge in [-0.25, -0.2) is 4.98 Å². The molecular weight excluding hydrogens is 334 g/mol. The van der Waals surface area contributed by atoms with Crippen LogP contribution in [0.25, 0.3) is 0 Å². The number of methoxy groups -OCH3 is 1.